The SMILES string of the molecule is Cn1cc(N)c(Oc2ccc(C(C)(C)C)cc2)n1. The van der Waals surface area contributed by atoms with Crippen LogP contribution in [0.2, 0.25) is 0 Å². The Bertz CT molecular complexity index is 535. The van der Waals surface area contributed by atoms with Crippen molar-refractivity contribution in [1.29, 1.82) is 0 Å². The summed E-state index contributed by atoms with van der Waals surface area (Å²) in [7, 11) is 1.81. The van der Waals surface area contributed by atoms with Gasteiger partial charge in [-0.05, 0) is 23.1 Å². The van der Waals surface area contributed by atoms with Crippen LogP contribution in [0, 0.1) is 0 Å². The molecule has 18 heavy (non-hydrogen) atoms. The second kappa shape index (κ2) is 4.37. The molecule has 0 aliphatic rings. The van der Waals surface area contributed by atoms with Crippen LogP contribution >= 0.6 is 0 Å². The second-order valence-electron chi connectivity index (χ2n) is 5.44. The highest BCUT2D eigenvalue weighted by Crippen LogP contribution is 2.28. The summed E-state index contributed by atoms with van der Waals surface area (Å²) < 4.78 is 7.27. The van der Waals surface area contributed by atoms with Gasteiger partial charge in [0.15, 0.2) is 0 Å². The minimum Gasteiger partial charge on any atom is -0.436 e. The van der Waals surface area contributed by atoms with Crippen LogP contribution in [0.3, 0.4) is 0 Å². The molecule has 2 aromatic rings. The minimum atomic E-state index is 0.141. The normalized spacial score (nSPS) is 11.6. The molecule has 0 fully saturated rings. The van der Waals surface area contributed by atoms with Crippen molar-refractivity contribution in [1.82, 2.24) is 9.78 Å². The Hall–Kier alpha value is -1.97. The van der Waals surface area contributed by atoms with Gasteiger partial charge in [-0.15, -0.1) is 5.10 Å². The van der Waals surface area contributed by atoms with Gasteiger partial charge in [-0.2, -0.15) is 0 Å². The van der Waals surface area contributed by atoms with Gasteiger partial charge >= 0.3 is 0 Å². The van der Waals surface area contributed by atoms with Crippen LogP contribution in [0.5, 0.6) is 11.6 Å². The first-order valence-electron chi connectivity index (χ1n) is 5.94. The molecule has 0 unspecified atom stereocenters. The summed E-state index contributed by atoms with van der Waals surface area (Å²) >= 11 is 0. The van der Waals surface area contributed by atoms with Gasteiger partial charge < -0.3 is 10.5 Å². The number of hydrogen-bond acceptors (Lipinski definition) is 3. The molecule has 0 amide bonds. The number of nitrogens with two attached hydrogens (primary N) is 1. The number of nitrogens with zero attached hydrogens (tertiary/aromatic N) is 2. The van der Waals surface area contributed by atoms with E-state index in [2.05, 4.69) is 38.0 Å². The Morgan fingerprint density at radius 2 is 1.78 bits per heavy atom. The fraction of sp³-hybridized carbons (Fsp3) is 0.357. The van der Waals surface area contributed by atoms with E-state index < -0.39 is 0 Å². The van der Waals surface area contributed by atoms with Crippen LogP contribution in [-0.4, -0.2) is 9.78 Å². The van der Waals surface area contributed by atoms with Gasteiger partial charge in [-0.25, -0.2) is 0 Å². The Balaban J connectivity index is 2.18. The number of anilines is 1. The quantitative estimate of drug-likeness (QED) is 0.884. The third-order valence-corrected chi connectivity index (χ3v) is 2.76. The van der Waals surface area contributed by atoms with Crippen molar-refractivity contribution in [3.8, 4) is 11.6 Å². The van der Waals surface area contributed by atoms with Crippen molar-refractivity contribution in [3.05, 3.63) is 36.0 Å². The molecule has 1 heterocycles. The molecular weight excluding hydrogens is 226 g/mol. The van der Waals surface area contributed by atoms with Crippen molar-refractivity contribution in [3.63, 3.8) is 0 Å². The minimum absolute atomic E-state index is 0.141. The van der Waals surface area contributed by atoms with E-state index in [0.717, 1.165) is 5.75 Å². The molecule has 4 heteroatoms. The fourth-order valence-corrected chi connectivity index (χ4v) is 1.70. The third kappa shape index (κ3) is 2.64. The summed E-state index contributed by atoms with van der Waals surface area (Å²) in [6.45, 7) is 6.54. The summed E-state index contributed by atoms with van der Waals surface area (Å²) in [5, 5.41) is 4.15. The lowest BCUT2D eigenvalue weighted by Crippen LogP contribution is -2.10. The first kappa shape index (κ1) is 12.5. The summed E-state index contributed by atoms with van der Waals surface area (Å²) in [4.78, 5) is 0. The highest BCUT2D eigenvalue weighted by atomic mass is 16.5. The Morgan fingerprint density at radius 1 is 1.17 bits per heavy atom. The summed E-state index contributed by atoms with van der Waals surface area (Å²) in [6.07, 6.45) is 1.72. The van der Waals surface area contributed by atoms with Gasteiger partial charge in [0.2, 0.25) is 0 Å². The zero-order valence-corrected chi connectivity index (χ0v) is 11.3. The van der Waals surface area contributed by atoms with Crippen LogP contribution in [-0.2, 0) is 12.5 Å². The molecule has 0 aliphatic heterocycles. The van der Waals surface area contributed by atoms with Crippen molar-refractivity contribution in [2.45, 2.75) is 26.2 Å². The summed E-state index contributed by atoms with van der Waals surface area (Å²) in [5.41, 5.74) is 7.73. The van der Waals surface area contributed by atoms with E-state index in [1.807, 2.05) is 19.2 Å². The lowest BCUT2D eigenvalue weighted by Gasteiger charge is -2.18. The van der Waals surface area contributed by atoms with Gasteiger partial charge in [0.25, 0.3) is 5.88 Å². The van der Waals surface area contributed by atoms with E-state index in [1.54, 1.807) is 10.9 Å². The van der Waals surface area contributed by atoms with Gasteiger partial charge in [-0.1, -0.05) is 32.9 Å². The van der Waals surface area contributed by atoms with Crippen LogP contribution < -0.4 is 10.5 Å². The predicted octanol–water partition coefficient (Wildman–Crippen LogP) is 3.09. The number of ether oxygens (including phenoxy) is 1. The van der Waals surface area contributed by atoms with E-state index in [-0.39, 0.29) is 5.41 Å². The average Bonchev–Trinajstić information content (AvgIpc) is 2.57. The molecule has 0 aliphatic carbocycles. The predicted molar refractivity (Wildman–Crippen MR) is 72.8 cm³/mol. The molecule has 0 spiro atoms. The number of rotatable bonds is 2. The smallest absolute Gasteiger partial charge is 0.261 e. The zero-order valence-electron chi connectivity index (χ0n) is 11.3. The van der Waals surface area contributed by atoms with Gasteiger partial charge in [0, 0.05) is 7.05 Å². The van der Waals surface area contributed by atoms with Crippen LogP contribution in [0.1, 0.15) is 26.3 Å². The molecule has 0 saturated heterocycles. The second-order valence-corrected chi connectivity index (χ2v) is 5.44. The molecule has 4 nitrogen and oxygen atoms in total. The van der Waals surface area contributed by atoms with Crippen molar-refractivity contribution >= 4 is 5.69 Å². The maximum Gasteiger partial charge on any atom is 0.261 e. The first-order chi connectivity index (χ1) is 8.36. The Labute approximate surface area is 107 Å². The van der Waals surface area contributed by atoms with Gasteiger partial charge in [0.05, 0.1) is 6.20 Å². The lowest BCUT2D eigenvalue weighted by molar-refractivity contribution is 0.455. The zero-order chi connectivity index (χ0) is 13.3. The summed E-state index contributed by atoms with van der Waals surface area (Å²) in [6, 6.07) is 8.01. The average molecular weight is 245 g/mol. The standard InChI is InChI=1S/C14H19N3O/c1-14(2,3)10-5-7-11(8-6-10)18-13-12(15)9-17(4)16-13/h5-9H,15H2,1-4H3. The third-order valence-electron chi connectivity index (χ3n) is 2.76. The molecule has 1 aromatic heterocycles. The number of benzene rings is 1. The van der Waals surface area contributed by atoms with E-state index >= 15 is 0 Å². The number of hydrogen-bond donors (Lipinski definition) is 1. The van der Waals surface area contributed by atoms with E-state index in [0.29, 0.717) is 11.6 Å². The lowest BCUT2D eigenvalue weighted by atomic mass is 9.87. The molecule has 0 radical (unpaired) electrons. The van der Waals surface area contributed by atoms with Crippen molar-refractivity contribution < 1.29 is 4.74 Å². The van der Waals surface area contributed by atoms with Gasteiger partial charge in [0.1, 0.15) is 11.4 Å². The van der Waals surface area contributed by atoms with E-state index in [4.69, 9.17) is 10.5 Å². The van der Waals surface area contributed by atoms with Crippen LogP contribution in [0.15, 0.2) is 30.5 Å². The van der Waals surface area contributed by atoms with E-state index in [1.165, 1.54) is 5.56 Å². The molecule has 0 atom stereocenters. The largest absolute Gasteiger partial charge is 0.436 e. The van der Waals surface area contributed by atoms with Crippen LogP contribution in [0.4, 0.5) is 5.69 Å². The molecule has 0 saturated carbocycles. The highest BCUT2D eigenvalue weighted by Gasteiger charge is 2.13. The molecule has 96 valence electrons. The molecule has 2 N–H and O–H groups in total. The summed E-state index contributed by atoms with van der Waals surface area (Å²) in [5.74, 6) is 1.19. The first-order valence-corrected chi connectivity index (χ1v) is 5.94. The van der Waals surface area contributed by atoms with Crippen LogP contribution in [0.25, 0.3) is 0 Å². The Kier molecular flexibility index (Phi) is 3.03. The monoisotopic (exact) mass is 245 g/mol. The van der Waals surface area contributed by atoms with Gasteiger partial charge in [-0.3, -0.25) is 4.68 Å². The van der Waals surface area contributed by atoms with E-state index in [9.17, 15) is 0 Å². The molecule has 1 aromatic carbocycles. The maximum absolute atomic E-state index is 5.78. The number of aromatic nitrogens is 2. The molecule has 0 bridgehead atoms. The topological polar surface area (TPSA) is 53.1 Å². The number of nitrogen functional groups attached to an aromatic ring is 1. The fourth-order valence-electron chi connectivity index (χ4n) is 1.70. The van der Waals surface area contributed by atoms with Crippen molar-refractivity contribution in [2.75, 3.05) is 5.73 Å². The molecular formula is C14H19N3O. The molecule has 2 rings (SSSR count). The highest BCUT2D eigenvalue weighted by molar-refractivity contribution is 5.48. The number of aryl methyl sites for hydroxylation is 1. The van der Waals surface area contributed by atoms with Crippen molar-refractivity contribution in [2.24, 2.45) is 7.05 Å². The maximum atomic E-state index is 5.78. The Morgan fingerprint density at radius 3 is 2.22 bits per heavy atom.